The van der Waals surface area contributed by atoms with Gasteiger partial charge in [-0.1, -0.05) is 17.7 Å². The highest BCUT2D eigenvalue weighted by Gasteiger charge is 2.37. The molecule has 0 radical (unpaired) electrons. The molecule has 1 aromatic carbocycles. The molecule has 0 spiro atoms. The van der Waals surface area contributed by atoms with Crippen molar-refractivity contribution < 1.29 is 22.7 Å². The average molecular weight is 278 g/mol. The van der Waals surface area contributed by atoms with E-state index in [9.17, 15) is 18.0 Å². The molecule has 0 amide bonds. The predicted molar refractivity (Wildman–Crippen MR) is 56.9 cm³/mol. The predicted octanol–water partition coefficient (Wildman–Crippen LogP) is 2.95. The van der Waals surface area contributed by atoms with Gasteiger partial charge < -0.3 is 4.74 Å². The summed E-state index contributed by atoms with van der Waals surface area (Å²) in [5.41, 5.74) is -2.22. The van der Waals surface area contributed by atoms with Gasteiger partial charge in [-0.2, -0.15) is 18.4 Å². The Hall–Kier alpha value is -1.74. The first-order chi connectivity index (χ1) is 8.31. The smallest absolute Gasteiger partial charge is 0.418 e. The molecule has 3 nitrogen and oxygen atoms in total. The average Bonchev–Trinajstić information content (AvgIpc) is 2.29. The normalized spacial score (nSPS) is 10.9. The minimum Gasteiger partial charge on any atom is -0.469 e. The fourth-order valence-corrected chi connectivity index (χ4v) is 1.63. The van der Waals surface area contributed by atoms with Crippen LogP contribution in [0.15, 0.2) is 12.1 Å². The molecule has 0 aliphatic rings. The van der Waals surface area contributed by atoms with Gasteiger partial charge in [0.25, 0.3) is 0 Å². The van der Waals surface area contributed by atoms with Crippen molar-refractivity contribution in [3.63, 3.8) is 0 Å². The maximum Gasteiger partial charge on any atom is 0.418 e. The van der Waals surface area contributed by atoms with E-state index in [1.165, 1.54) is 6.07 Å². The number of rotatable bonds is 2. The molecular formula is C11H7ClF3NO2. The highest BCUT2D eigenvalue weighted by atomic mass is 35.5. The molecule has 18 heavy (non-hydrogen) atoms. The van der Waals surface area contributed by atoms with Crippen LogP contribution >= 0.6 is 11.6 Å². The fraction of sp³-hybridized carbons (Fsp3) is 0.273. The van der Waals surface area contributed by atoms with Crippen LogP contribution in [0.3, 0.4) is 0 Å². The lowest BCUT2D eigenvalue weighted by molar-refractivity contribution is -0.141. The second-order valence-electron chi connectivity index (χ2n) is 3.32. The van der Waals surface area contributed by atoms with Crippen molar-refractivity contribution in [3.8, 4) is 6.07 Å². The van der Waals surface area contributed by atoms with E-state index in [1.807, 2.05) is 0 Å². The zero-order valence-electron chi connectivity index (χ0n) is 9.14. The van der Waals surface area contributed by atoms with Crippen LogP contribution < -0.4 is 0 Å². The largest absolute Gasteiger partial charge is 0.469 e. The molecule has 0 aliphatic carbocycles. The van der Waals surface area contributed by atoms with Gasteiger partial charge in [0.1, 0.15) is 6.07 Å². The number of esters is 1. The molecule has 0 aromatic heterocycles. The van der Waals surface area contributed by atoms with Gasteiger partial charge in [-0.25, -0.2) is 0 Å². The molecule has 7 heteroatoms. The zero-order chi connectivity index (χ0) is 13.9. The number of carbonyl (C=O) groups excluding carboxylic acids is 1. The summed E-state index contributed by atoms with van der Waals surface area (Å²) in [7, 11) is 1.07. The van der Waals surface area contributed by atoms with Crippen LogP contribution in [0.5, 0.6) is 0 Å². The number of alkyl halides is 3. The summed E-state index contributed by atoms with van der Waals surface area (Å²) < 4.78 is 42.9. The summed E-state index contributed by atoms with van der Waals surface area (Å²) in [6.07, 6.45) is -5.34. The number of hydrogen-bond acceptors (Lipinski definition) is 3. The monoisotopic (exact) mass is 277 g/mol. The summed E-state index contributed by atoms with van der Waals surface area (Å²) in [4.78, 5) is 11.0. The molecule has 0 heterocycles. The standard InChI is InChI=1S/C11H7ClF3NO2/c1-18-9(17)4-6-2-3-8(12)7(5-16)10(6)11(13,14)15/h2-3H,4H2,1H3. The van der Waals surface area contributed by atoms with E-state index in [0.717, 1.165) is 19.2 Å². The van der Waals surface area contributed by atoms with Crippen molar-refractivity contribution in [2.24, 2.45) is 0 Å². The van der Waals surface area contributed by atoms with Crippen LogP contribution in [0.25, 0.3) is 0 Å². The maximum absolute atomic E-state index is 12.9. The molecule has 0 atom stereocenters. The Kier molecular flexibility index (Phi) is 4.19. The molecular weight excluding hydrogens is 271 g/mol. The molecule has 0 saturated heterocycles. The van der Waals surface area contributed by atoms with Crippen LogP contribution in [0.1, 0.15) is 16.7 Å². The van der Waals surface area contributed by atoms with Crippen molar-refractivity contribution in [1.29, 1.82) is 5.26 Å². The second-order valence-corrected chi connectivity index (χ2v) is 3.73. The molecule has 0 aliphatic heterocycles. The first kappa shape index (κ1) is 14.3. The number of methoxy groups -OCH3 is 1. The second kappa shape index (κ2) is 5.27. The Morgan fingerprint density at radius 3 is 2.56 bits per heavy atom. The number of benzene rings is 1. The van der Waals surface area contributed by atoms with Crippen molar-refractivity contribution in [2.45, 2.75) is 12.6 Å². The molecule has 0 unspecified atom stereocenters. The van der Waals surface area contributed by atoms with Gasteiger partial charge in [0.05, 0.1) is 29.7 Å². The van der Waals surface area contributed by atoms with Crippen LogP contribution in [0.2, 0.25) is 5.02 Å². The van der Waals surface area contributed by atoms with Crippen LogP contribution in [0, 0.1) is 11.3 Å². The van der Waals surface area contributed by atoms with E-state index < -0.39 is 29.7 Å². The summed E-state index contributed by atoms with van der Waals surface area (Å²) in [6.45, 7) is 0. The van der Waals surface area contributed by atoms with E-state index in [1.54, 1.807) is 0 Å². The lowest BCUT2D eigenvalue weighted by atomic mass is 9.99. The summed E-state index contributed by atoms with van der Waals surface area (Å²) in [5, 5.41) is 8.42. The Morgan fingerprint density at radius 2 is 2.11 bits per heavy atom. The van der Waals surface area contributed by atoms with Crippen molar-refractivity contribution in [2.75, 3.05) is 7.11 Å². The maximum atomic E-state index is 12.9. The van der Waals surface area contributed by atoms with E-state index >= 15 is 0 Å². The molecule has 0 fully saturated rings. The van der Waals surface area contributed by atoms with Crippen molar-refractivity contribution in [3.05, 3.63) is 33.8 Å². The van der Waals surface area contributed by atoms with Crippen LogP contribution in [-0.4, -0.2) is 13.1 Å². The van der Waals surface area contributed by atoms with Gasteiger partial charge in [-0.15, -0.1) is 0 Å². The highest BCUT2D eigenvalue weighted by molar-refractivity contribution is 6.31. The van der Waals surface area contributed by atoms with E-state index in [4.69, 9.17) is 16.9 Å². The van der Waals surface area contributed by atoms with Gasteiger partial charge in [0.2, 0.25) is 0 Å². The van der Waals surface area contributed by atoms with Crippen molar-refractivity contribution >= 4 is 17.6 Å². The number of nitrogens with zero attached hydrogens (tertiary/aromatic N) is 1. The molecule has 0 saturated carbocycles. The van der Waals surface area contributed by atoms with E-state index in [2.05, 4.69) is 4.74 Å². The quantitative estimate of drug-likeness (QED) is 0.781. The SMILES string of the molecule is COC(=O)Cc1ccc(Cl)c(C#N)c1C(F)(F)F. The van der Waals surface area contributed by atoms with Crippen LogP contribution in [0.4, 0.5) is 13.2 Å². The Labute approximate surface area is 106 Å². The van der Waals surface area contributed by atoms with Gasteiger partial charge in [-0.3, -0.25) is 4.79 Å². The first-order valence-corrected chi connectivity index (χ1v) is 5.04. The third kappa shape index (κ3) is 2.93. The number of hydrogen-bond donors (Lipinski definition) is 0. The molecule has 0 bridgehead atoms. The highest BCUT2D eigenvalue weighted by Crippen LogP contribution is 2.37. The van der Waals surface area contributed by atoms with Crippen molar-refractivity contribution in [1.82, 2.24) is 0 Å². The van der Waals surface area contributed by atoms with E-state index in [-0.39, 0.29) is 10.6 Å². The minimum absolute atomic E-state index is 0.307. The molecule has 1 aromatic rings. The topological polar surface area (TPSA) is 50.1 Å². The summed E-state index contributed by atoms with van der Waals surface area (Å²) in [5.74, 6) is -0.827. The molecule has 96 valence electrons. The first-order valence-electron chi connectivity index (χ1n) is 4.66. The lowest BCUT2D eigenvalue weighted by Gasteiger charge is -2.14. The Balaban J connectivity index is 3.44. The van der Waals surface area contributed by atoms with Gasteiger partial charge >= 0.3 is 12.1 Å². The number of ether oxygens (including phenoxy) is 1. The third-order valence-corrected chi connectivity index (χ3v) is 2.51. The number of nitriles is 1. The van der Waals surface area contributed by atoms with E-state index in [0.29, 0.717) is 0 Å². The lowest BCUT2D eigenvalue weighted by Crippen LogP contribution is -2.15. The number of halogens is 4. The molecule has 1 rings (SSSR count). The number of carbonyl (C=O) groups is 1. The minimum atomic E-state index is -4.76. The van der Waals surface area contributed by atoms with Crippen LogP contribution in [-0.2, 0) is 22.1 Å². The van der Waals surface area contributed by atoms with Gasteiger partial charge in [0, 0.05) is 0 Å². The fourth-order valence-electron chi connectivity index (χ4n) is 1.43. The van der Waals surface area contributed by atoms with Gasteiger partial charge in [0.15, 0.2) is 0 Å². The summed E-state index contributed by atoms with van der Waals surface area (Å²) >= 11 is 5.54. The van der Waals surface area contributed by atoms with Gasteiger partial charge in [-0.05, 0) is 11.6 Å². The third-order valence-electron chi connectivity index (χ3n) is 2.20. The Bertz CT molecular complexity index is 520. The summed E-state index contributed by atoms with van der Waals surface area (Å²) in [6, 6.07) is 3.60. The molecule has 0 N–H and O–H groups in total. The zero-order valence-corrected chi connectivity index (χ0v) is 9.89. The Morgan fingerprint density at radius 1 is 1.50 bits per heavy atom.